The van der Waals surface area contributed by atoms with Gasteiger partial charge in [-0.15, -0.1) is 0 Å². The maximum atomic E-state index is 13.0. The molecule has 0 aliphatic rings. The summed E-state index contributed by atoms with van der Waals surface area (Å²) in [5.74, 6) is -0.483. The van der Waals surface area contributed by atoms with E-state index in [-0.39, 0.29) is 18.2 Å². The molecule has 3 atom stereocenters. The van der Waals surface area contributed by atoms with Gasteiger partial charge in [0.2, 0.25) is 5.91 Å². The minimum Gasteiger partial charge on any atom is -0.444 e. The van der Waals surface area contributed by atoms with Crippen LogP contribution in [0.25, 0.3) is 0 Å². The van der Waals surface area contributed by atoms with E-state index in [1.165, 1.54) is 0 Å². The fraction of sp³-hybridized carbons (Fsp3) is 0.519. The number of alkyl carbamates (subject to hydrolysis) is 1. The van der Waals surface area contributed by atoms with Crippen LogP contribution in [-0.4, -0.2) is 46.4 Å². The van der Waals surface area contributed by atoms with Crippen LogP contribution in [0.2, 0.25) is 0 Å². The third-order valence-corrected chi connectivity index (χ3v) is 5.54. The number of nitrogens with one attached hydrogen (secondary N) is 2. The van der Waals surface area contributed by atoms with Gasteiger partial charge in [0.05, 0.1) is 12.1 Å². The molecule has 2 amide bonds. The zero-order chi connectivity index (χ0) is 25.1. The summed E-state index contributed by atoms with van der Waals surface area (Å²) in [6.07, 6.45) is 3.32. The lowest BCUT2D eigenvalue weighted by molar-refractivity contribution is -0.127. The molecule has 0 unspecified atom stereocenters. The quantitative estimate of drug-likeness (QED) is 0.463. The second-order valence-corrected chi connectivity index (χ2v) is 10.00. The van der Waals surface area contributed by atoms with E-state index in [0.29, 0.717) is 19.4 Å². The van der Waals surface area contributed by atoms with E-state index in [4.69, 9.17) is 4.74 Å². The average Bonchev–Trinajstić information content (AvgIpc) is 2.76. The van der Waals surface area contributed by atoms with Gasteiger partial charge < -0.3 is 20.5 Å². The standard InChI is InChI=1S/C27H39N3O4/c1-19(2)22(25(32)29-15-13-21-12-9-14-28-18-21)17-24(31)23(16-20-10-7-6-8-11-20)30-26(33)34-27(3,4)5/h6-12,14,18-19,22-24,31H,13,15-17H2,1-5H3,(H,29,32)(H,30,33)/t22-,23+,24+/m1/s1. The van der Waals surface area contributed by atoms with Crippen LogP contribution in [0.3, 0.4) is 0 Å². The van der Waals surface area contributed by atoms with Crippen molar-refractivity contribution in [2.75, 3.05) is 6.54 Å². The van der Waals surface area contributed by atoms with Gasteiger partial charge in [-0.05, 0) is 63.1 Å². The van der Waals surface area contributed by atoms with Crippen LogP contribution >= 0.6 is 0 Å². The Morgan fingerprint density at radius 1 is 1.06 bits per heavy atom. The van der Waals surface area contributed by atoms with Crippen molar-refractivity contribution in [1.82, 2.24) is 15.6 Å². The first-order chi connectivity index (χ1) is 16.0. The van der Waals surface area contributed by atoms with E-state index in [9.17, 15) is 14.7 Å². The topological polar surface area (TPSA) is 101 Å². The molecule has 0 saturated heterocycles. The Morgan fingerprint density at radius 3 is 2.32 bits per heavy atom. The van der Waals surface area contributed by atoms with Crippen molar-refractivity contribution in [3.05, 3.63) is 66.0 Å². The fourth-order valence-corrected chi connectivity index (χ4v) is 3.72. The van der Waals surface area contributed by atoms with E-state index < -0.39 is 29.8 Å². The number of carbonyl (C=O) groups is 2. The van der Waals surface area contributed by atoms with Crippen molar-refractivity contribution in [2.24, 2.45) is 11.8 Å². The van der Waals surface area contributed by atoms with Crippen LogP contribution in [0.4, 0.5) is 4.79 Å². The van der Waals surface area contributed by atoms with Crippen LogP contribution in [0.5, 0.6) is 0 Å². The summed E-state index contributed by atoms with van der Waals surface area (Å²) in [6, 6.07) is 12.9. The summed E-state index contributed by atoms with van der Waals surface area (Å²) in [4.78, 5) is 29.5. The van der Waals surface area contributed by atoms with Crippen LogP contribution in [-0.2, 0) is 22.4 Å². The monoisotopic (exact) mass is 469 g/mol. The number of carbonyl (C=O) groups excluding carboxylic acids is 2. The van der Waals surface area contributed by atoms with Gasteiger partial charge in [0.1, 0.15) is 5.60 Å². The molecule has 0 aliphatic carbocycles. The number of rotatable bonds is 11. The van der Waals surface area contributed by atoms with E-state index in [1.807, 2.05) is 56.3 Å². The summed E-state index contributed by atoms with van der Waals surface area (Å²) in [5, 5.41) is 16.9. The maximum absolute atomic E-state index is 13.0. The number of hydrogen-bond donors (Lipinski definition) is 3. The molecular weight excluding hydrogens is 430 g/mol. The van der Waals surface area contributed by atoms with E-state index in [1.54, 1.807) is 33.2 Å². The number of hydrogen-bond acceptors (Lipinski definition) is 5. The highest BCUT2D eigenvalue weighted by molar-refractivity contribution is 5.79. The number of amides is 2. The molecule has 3 N–H and O–H groups in total. The third-order valence-electron chi connectivity index (χ3n) is 5.54. The molecule has 1 aromatic carbocycles. The van der Waals surface area contributed by atoms with Gasteiger partial charge in [0, 0.05) is 24.9 Å². The van der Waals surface area contributed by atoms with Crippen molar-refractivity contribution < 1.29 is 19.4 Å². The Bertz CT molecular complexity index is 882. The molecule has 0 fully saturated rings. The van der Waals surface area contributed by atoms with Gasteiger partial charge >= 0.3 is 6.09 Å². The molecule has 2 aromatic rings. The number of ether oxygens (including phenoxy) is 1. The van der Waals surface area contributed by atoms with Gasteiger partial charge in [-0.25, -0.2) is 4.79 Å². The predicted octanol–water partition coefficient (Wildman–Crippen LogP) is 3.90. The van der Waals surface area contributed by atoms with E-state index in [0.717, 1.165) is 11.1 Å². The van der Waals surface area contributed by atoms with E-state index in [2.05, 4.69) is 15.6 Å². The molecule has 0 spiro atoms. The van der Waals surface area contributed by atoms with Gasteiger partial charge in [-0.1, -0.05) is 50.2 Å². The highest BCUT2D eigenvalue weighted by Crippen LogP contribution is 2.21. The Kier molecular flexibility index (Phi) is 10.5. The predicted molar refractivity (Wildman–Crippen MR) is 133 cm³/mol. The summed E-state index contributed by atoms with van der Waals surface area (Å²) >= 11 is 0. The largest absolute Gasteiger partial charge is 0.444 e. The van der Waals surface area contributed by atoms with Gasteiger partial charge in [0.15, 0.2) is 0 Å². The van der Waals surface area contributed by atoms with Crippen LogP contribution in [0, 0.1) is 11.8 Å². The molecule has 186 valence electrons. The Morgan fingerprint density at radius 2 is 1.74 bits per heavy atom. The second-order valence-electron chi connectivity index (χ2n) is 10.00. The van der Waals surface area contributed by atoms with Gasteiger partial charge in [-0.3, -0.25) is 9.78 Å². The van der Waals surface area contributed by atoms with Gasteiger partial charge in [0.25, 0.3) is 0 Å². The fourth-order valence-electron chi connectivity index (χ4n) is 3.72. The van der Waals surface area contributed by atoms with Crippen molar-refractivity contribution in [2.45, 2.75) is 71.6 Å². The first-order valence-electron chi connectivity index (χ1n) is 11.9. The number of aliphatic hydroxyl groups excluding tert-OH is 1. The van der Waals surface area contributed by atoms with Crippen LogP contribution in [0.1, 0.15) is 52.2 Å². The zero-order valence-corrected chi connectivity index (χ0v) is 21.0. The van der Waals surface area contributed by atoms with Crippen molar-refractivity contribution in [3.8, 4) is 0 Å². The third kappa shape index (κ3) is 9.91. The molecule has 0 aliphatic heterocycles. The van der Waals surface area contributed by atoms with Crippen molar-refractivity contribution >= 4 is 12.0 Å². The minimum atomic E-state index is -0.927. The number of aliphatic hydroxyl groups is 1. The molecule has 1 heterocycles. The normalized spacial score (nSPS) is 14.2. The lowest BCUT2D eigenvalue weighted by atomic mass is 9.86. The first-order valence-corrected chi connectivity index (χ1v) is 11.9. The number of aromatic nitrogens is 1. The number of pyridine rings is 1. The van der Waals surface area contributed by atoms with Gasteiger partial charge in [-0.2, -0.15) is 0 Å². The maximum Gasteiger partial charge on any atom is 0.407 e. The SMILES string of the molecule is CC(C)[C@@H](C[C@H](O)[C@H](Cc1ccccc1)NC(=O)OC(C)(C)C)C(=O)NCCc1cccnc1. The number of nitrogens with zero attached hydrogens (tertiary/aromatic N) is 1. The summed E-state index contributed by atoms with van der Waals surface area (Å²) < 4.78 is 5.41. The highest BCUT2D eigenvalue weighted by atomic mass is 16.6. The second kappa shape index (κ2) is 13.1. The summed E-state index contributed by atoms with van der Waals surface area (Å²) in [5.41, 5.74) is 1.37. The van der Waals surface area contributed by atoms with Crippen molar-refractivity contribution in [1.29, 1.82) is 0 Å². The number of benzene rings is 1. The average molecular weight is 470 g/mol. The molecule has 0 radical (unpaired) electrons. The lowest BCUT2D eigenvalue weighted by Gasteiger charge is -2.30. The van der Waals surface area contributed by atoms with Crippen LogP contribution in [0.15, 0.2) is 54.9 Å². The molecule has 34 heavy (non-hydrogen) atoms. The Labute approximate surface area is 203 Å². The summed E-state index contributed by atoms with van der Waals surface area (Å²) in [6.45, 7) is 9.80. The van der Waals surface area contributed by atoms with Crippen LogP contribution < -0.4 is 10.6 Å². The molecule has 0 saturated carbocycles. The Hall–Kier alpha value is -2.93. The minimum absolute atomic E-state index is 0.0203. The molecule has 0 bridgehead atoms. The molecule has 7 nitrogen and oxygen atoms in total. The zero-order valence-electron chi connectivity index (χ0n) is 21.0. The lowest BCUT2D eigenvalue weighted by Crippen LogP contribution is -2.48. The molecule has 2 rings (SSSR count). The highest BCUT2D eigenvalue weighted by Gasteiger charge is 2.31. The first kappa shape index (κ1) is 27.3. The smallest absolute Gasteiger partial charge is 0.407 e. The summed E-state index contributed by atoms with van der Waals surface area (Å²) in [7, 11) is 0. The molecular formula is C27H39N3O4. The molecule has 7 heteroatoms. The van der Waals surface area contributed by atoms with E-state index >= 15 is 0 Å². The Balaban J connectivity index is 2.04. The molecule has 1 aromatic heterocycles. The van der Waals surface area contributed by atoms with Crippen molar-refractivity contribution in [3.63, 3.8) is 0 Å².